The summed E-state index contributed by atoms with van der Waals surface area (Å²) in [4.78, 5) is 1.35. The predicted octanol–water partition coefficient (Wildman–Crippen LogP) is 7.22. The highest BCUT2D eigenvalue weighted by molar-refractivity contribution is 14.1. The Labute approximate surface area is 264 Å². The molecule has 5 aromatic rings. The quantitative estimate of drug-likeness (QED) is 0.105. The van der Waals surface area contributed by atoms with E-state index in [0.717, 1.165) is 27.1 Å². The first-order valence-corrected chi connectivity index (χ1v) is 18.0. The van der Waals surface area contributed by atoms with Crippen LogP contribution in [0.25, 0.3) is 0 Å². The number of hydrogen-bond acceptors (Lipinski definition) is 6. The number of aryl methyl sites for hydroxylation is 2. The summed E-state index contributed by atoms with van der Waals surface area (Å²) in [5, 5.41) is 0. The van der Waals surface area contributed by atoms with E-state index in [-0.39, 0.29) is 22.9 Å². The van der Waals surface area contributed by atoms with Crippen molar-refractivity contribution in [2.75, 3.05) is 0 Å². The molecule has 5 rings (SSSR count). The molecule has 0 bridgehead atoms. The van der Waals surface area contributed by atoms with Gasteiger partial charge in [0.15, 0.2) is 3.77 Å². The summed E-state index contributed by atoms with van der Waals surface area (Å²) in [6.45, 7) is 3.83. The summed E-state index contributed by atoms with van der Waals surface area (Å²) in [6, 6.07) is 24.9. The molecule has 0 aliphatic heterocycles. The van der Waals surface area contributed by atoms with E-state index in [1.54, 1.807) is 72.6 Å². The third-order valence-electron chi connectivity index (χ3n) is 6.76. The Morgan fingerprint density at radius 3 is 1.90 bits per heavy atom. The molecular weight excluding hydrogens is 703 g/mol. The van der Waals surface area contributed by atoms with E-state index in [4.69, 9.17) is 4.42 Å². The van der Waals surface area contributed by atoms with E-state index in [2.05, 4.69) is 0 Å². The number of furan rings is 1. The number of nitrogens with zero attached hydrogens (tertiary/aromatic N) is 2. The molecular formula is C31H29IN2O5S3. The third kappa shape index (κ3) is 6.86. The molecule has 0 N–H and O–H groups in total. The van der Waals surface area contributed by atoms with Crippen molar-refractivity contribution in [3.8, 4) is 0 Å². The molecule has 2 aromatic heterocycles. The van der Waals surface area contributed by atoms with Gasteiger partial charge in [-0.1, -0.05) is 53.6 Å². The summed E-state index contributed by atoms with van der Waals surface area (Å²) in [6.07, 6.45) is 4.66. The van der Waals surface area contributed by atoms with Crippen molar-refractivity contribution in [3.63, 3.8) is 0 Å². The largest absolute Gasteiger partial charge is 0.458 e. The first-order valence-electron chi connectivity index (χ1n) is 13.0. The van der Waals surface area contributed by atoms with Gasteiger partial charge < -0.3 is 4.42 Å². The number of hydrogen-bond donors (Lipinski definition) is 0. The van der Waals surface area contributed by atoms with Crippen LogP contribution in [0.3, 0.4) is 0 Å². The van der Waals surface area contributed by atoms with E-state index in [9.17, 15) is 16.8 Å². The minimum atomic E-state index is -3.95. The summed E-state index contributed by atoms with van der Waals surface area (Å²) < 4.78 is 63.9. The van der Waals surface area contributed by atoms with Crippen LogP contribution in [0.4, 0.5) is 0 Å². The lowest BCUT2D eigenvalue weighted by Gasteiger charge is -2.22. The molecule has 218 valence electrons. The number of thioether (sulfide) groups is 1. The predicted molar refractivity (Wildman–Crippen MR) is 173 cm³/mol. The third-order valence-corrected chi connectivity index (χ3v) is 12.2. The number of sulfonamides is 1. The fourth-order valence-corrected chi connectivity index (χ4v) is 8.41. The summed E-state index contributed by atoms with van der Waals surface area (Å²) in [5.41, 5.74) is 3.95. The van der Waals surface area contributed by atoms with Crippen LogP contribution in [0.15, 0.2) is 123 Å². The lowest BCUT2D eigenvalue weighted by Crippen LogP contribution is -2.30. The van der Waals surface area contributed by atoms with Gasteiger partial charge in [0, 0.05) is 41.7 Å². The molecule has 11 heteroatoms. The highest BCUT2D eigenvalue weighted by atomic mass is 127. The fraction of sp³-hybridized carbons (Fsp3) is 0.161. The molecule has 2 heterocycles. The van der Waals surface area contributed by atoms with Crippen molar-refractivity contribution >= 4 is 54.4 Å². The maximum atomic E-state index is 14.0. The van der Waals surface area contributed by atoms with Crippen LogP contribution in [-0.2, 0) is 38.9 Å². The normalized spacial score (nSPS) is 12.2. The Kier molecular flexibility index (Phi) is 9.33. The Hall–Kier alpha value is -2.84. The summed E-state index contributed by atoms with van der Waals surface area (Å²) >= 11 is 3.60. The first kappa shape index (κ1) is 30.6. The number of rotatable bonds is 11. The van der Waals surface area contributed by atoms with E-state index in [1.807, 2.05) is 66.8 Å². The van der Waals surface area contributed by atoms with Gasteiger partial charge in [0.2, 0.25) is 10.0 Å². The molecule has 0 aliphatic carbocycles. The molecule has 0 spiro atoms. The van der Waals surface area contributed by atoms with Crippen LogP contribution in [-0.4, -0.2) is 25.1 Å². The Balaban J connectivity index is 1.57. The van der Waals surface area contributed by atoms with Gasteiger partial charge in [-0.05, 0) is 90.0 Å². The van der Waals surface area contributed by atoms with Gasteiger partial charge in [-0.25, -0.2) is 20.8 Å². The van der Waals surface area contributed by atoms with Crippen LogP contribution < -0.4 is 0 Å². The highest BCUT2D eigenvalue weighted by Crippen LogP contribution is 2.30. The van der Waals surface area contributed by atoms with Gasteiger partial charge >= 0.3 is 0 Å². The van der Waals surface area contributed by atoms with Gasteiger partial charge in [-0.2, -0.15) is 4.31 Å². The summed E-state index contributed by atoms with van der Waals surface area (Å²) in [5.74, 6) is 0.456. The molecule has 42 heavy (non-hydrogen) atoms. The van der Waals surface area contributed by atoms with Crippen molar-refractivity contribution in [1.29, 1.82) is 0 Å². The van der Waals surface area contributed by atoms with Crippen LogP contribution >= 0.6 is 34.4 Å². The van der Waals surface area contributed by atoms with Crippen molar-refractivity contribution in [1.82, 2.24) is 8.28 Å². The molecule has 0 unspecified atom stereocenters. The smallest absolute Gasteiger partial charge is 0.267 e. The average Bonchev–Trinajstić information content (AvgIpc) is 3.58. The van der Waals surface area contributed by atoms with E-state index in [0.29, 0.717) is 15.1 Å². The van der Waals surface area contributed by atoms with Crippen molar-refractivity contribution in [3.05, 3.63) is 135 Å². The molecule has 7 nitrogen and oxygen atoms in total. The zero-order chi connectivity index (χ0) is 29.9. The average molecular weight is 733 g/mol. The van der Waals surface area contributed by atoms with Crippen LogP contribution in [0.2, 0.25) is 0 Å². The van der Waals surface area contributed by atoms with E-state index >= 15 is 0 Å². The van der Waals surface area contributed by atoms with Crippen LogP contribution in [0.1, 0.15) is 27.8 Å². The first-order chi connectivity index (χ1) is 20.0. The van der Waals surface area contributed by atoms with Crippen molar-refractivity contribution in [2.45, 2.75) is 47.4 Å². The van der Waals surface area contributed by atoms with Gasteiger partial charge in [-0.15, -0.1) is 11.8 Å². The SMILES string of the molecule is Cc1ccc(S(=O)(=O)N(Cc2cn(S(=O)(=O)c3ccc(C)cc3)cc2CSc2ccccc2)Cc2ccoc2I)cc1. The maximum Gasteiger partial charge on any atom is 0.267 e. The number of halogens is 1. The lowest BCUT2D eigenvalue weighted by molar-refractivity contribution is 0.396. The van der Waals surface area contributed by atoms with Gasteiger partial charge in [0.25, 0.3) is 10.0 Å². The molecule has 3 aromatic carbocycles. The monoisotopic (exact) mass is 732 g/mol. The van der Waals surface area contributed by atoms with Crippen LogP contribution in [0.5, 0.6) is 0 Å². The lowest BCUT2D eigenvalue weighted by atomic mass is 10.2. The second kappa shape index (κ2) is 12.8. The van der Waals surface area contributed by atoms with E-state index < -0.39 is 20.0 Å². The molecule has 0 fully saturated rings. The number of benzene rings is 3. The Morgan fingerprint density at radius 1 is 0.738 bits per heavy atom. The minimum absolute atomic E-state index is 0.0292. The van der Waals surface area contributed by atoms with Crippen molar-refractivity contribution < 1.29 is 21.3 Å². The van der Waals surface area contributed by atoms with Crippen molar-refractivity contribution in [2.24, 2.45) is 0 Å². The minimum Gasteiger partial charge on any atom is -0.458 e. The molecule has 0 amide bonds. The second-order valence-electron chi connectivity index (χ2n) is 9.86. The number of aromatic nitrogens is 1. The maximum absolute atomic E-state index is 14.0. The highest BCUT2D eigenvalue weighted by Gasteiger charge is 2.28. The zero-order valence-electron chi connectivity index (χ0n) is 23.0. The molecule has 0 radical (unpaired) electrons. The van der Waals surface area contributed by atoms with Gasteiger partial charge in [0.05, 0.1) is 16.1 Å². The second-order valence-corrected chi connectivity index (χ2v) is 15.7. The Morgan fingerprint density at radius 2 is 1.31 bits per heavy atom. The molecule has 0 saturated carbocycles. The summed E-state index contributed by atoms with van der Waals surface area (Å²) in [7, 11) is -7.86. The molecule has 0 saturated heterocycles. The van der Waals surface area contributed by atoms with Gasteiger partial charge in [0.1, 0.15) is 0 Å². The van der Waals surface area contributed by atoms with E-state index in [1.165, 1.54) is 20.7 Å². The molecule has 0 aliphatic rings. The van der Waals surface area contributed by atoms with Gasteiger partial charge in [-0.3, -0.25) is 0 Å². The zero-order valence-corrected chi connectivity index (χ0v) is 27.6. The molecule has 0 atom stereocenters. The van der Waals surface area contributed by atoms with Crippen LogP contribution in [0, 0.1) is 17.6 Å². The standard InChI is InChI=1S/C31H29IN2O5S3/c1-23-8-12-29(13-9-23)41(35,36)33(18-25-16-17-39-31(25)32)19-26-20-34(42(37,38)30-14-10-24(2)11-15-30)21-27(26)22-40-28-6-4-3-5-7-28/h3-17,20-21H,18-19,22H2,1-2H3. The fourth-order valence-electron chi connectivity index (χ4n) is 4.33. The Bertz CT molecular complexity index is 1880. The topological polar surface area (TPSA) is 89.6 Å².